The lowest BCUT2D eigenvalue weighted by Gasteiger charge is -2.19. The number of fused-ring (bicyclic) bond motifs is 1. The summed E-state index contributed by atoms with van der Waals surface area (Å²) in [4.78, 5) is 0. The minimum absolute atomic E-state index is 0.672. The Balaban J connectivity index is 2.20. The van der Waals surface area contributed by atoms with Gasteiger partial charge in [-0.2, -0.15) is 8.42 Å². The standard InChI is InChI=1S/C9H9NO3S/c1-14(11,12)13-10-9-6-7-4-2-3-5-8(7)9/h2-5H,6H2,1H3. The number of rotatable bonds is 2. The summed E-state index contributed by atoms with van der Waals surface area (Å²) in [5.41, 5.74) is 2.82. The van der Waals surface area contributed by atoms with Gasteiger partial charge in [-0.25, -0.2) is 0 Å². The van der Waals surface area contributed by atoms with E-state index in [0.29, 0.717) is 12.1 Å². The van der Waals surface area contributed by atoms with Crippen molar-refractivity contribution in [1.29, 1.82) is 0 Å². The summed E-state index contributed by atoms with van der Waals surface area (Å²) in [7, 11) is -3.49. The van der Waals surface area contributed by atoms with Gasteiger partial charge in [0.1, 0.15) is 0 Å². The van der Waals surface area contributed by atoms with Crippen LogP contribution >= 0.6 is 0 Å². The maximum absolute atomic E-state index is 10.7. The lowest BCUT2D eigenvalue weighted by Crippen LogP contribution is -2.20. The predicted octanol–water partition coefficient (Wildman–Crippen LogP) is 0.923. The van der Waals surface area contributed by atoms with Gasteiger partial charge in [0.2, 0.25) is 0 Å². The first-order valence-electron chi connectivity index (χ1n) is 4.10. The Morgan fingerprint density at radius 1 is 1.36 bits per heavy atom. The average molecular weight is 211 g/mol. The van der Waals surface area contributed by atoms with Crippen molar-refractivity contribution >= 4 is 15.8 Å². The summed E-state index contributed by atoms with van der Waals surface area (Å²) in [5.74, 6) is 0. The Hall–Kier alpha value is -1.36. The molecule has 4 nitrogen and oxygen atoms in total. The van der Waals surface area contributed by atoms with Gasteiger partial charge in [0.25, 0.3) is 0 Å². The fourth-order valence-electron chi connectivity index (χ4n) is 1.32. The van der Waals surface area contributed by atoms with Gasteiger partial charge in [-0.1, -0.05) is 29.4 Å². The maximum Gasteiger partial charge on any atom is 0.325 e. The molecule has 0 aromatic heterocycles. The summed E-state index contributed by atoms with van der Waals surface area (Å²) in [6.07, 6.45) is 1.65. The monoisotopic (exact) mass is 211 g/mol. The largest absolute Gasteiger partial charge is 0.325 e. The van der Waals surface area contributed by atoms with E-state index in [0.717, 1.165) is 11.8 Å². The Morgan fingerprint density at radius 3 is 2.71 bits per heavy atom. The Labute approximate surface area is 82.3 Å². The third-order valence-electron chi connectivity index (χ3n) is 1.97. The third-order valence-corrected chi connectivity index (χ3v) is 2.31. The minimum Gasteiger partial charge on any atom is -0.268 e. The summed E-state index contributed by atoms with van der Waals surface area (Å²) in [5, 5.41) is 3.57. The van der Waals surface area contributed by atoms with Crippen LogP contribution in [0.2, 0.25) is 0 Å². The summed E-state index contributed by atoms with van der Waals surface area (Å²) < 4.78 is 25.7. The zero-order valence-electron chi connectivity index (χ0n) is 7.60. The second-order valence-corrected chi connectivity index (χ2v) is 4.71. The molecule has 0 heterocycles. The molecule has 0 atom stereocenters. The van der Waals surface area contributed by atoms with Gasteiger partial charge in [0.15, 0.2) is 0 Å². The van der Waals surface area contributed by atoms with E-state index in [1.807, 2.05) is 24.3 Å². The van der Waals surface area contributed by atoms with E-state index < -0.39 is 10.1 Å². The van der Waals surface area contributed by atoms with Gasteiger partial charge in [-0.05, 0) is 5.56 Å². The van der Waals surface area contributed by atoms with E-state index in [1.54, 1.807) is 0 Å². The van der Waals surface area contributed by atoms with E-state index in [2.05, 4.69) is 9.44 Å². The van der Waals surface area contributed by atoms with Crippen LogP contribution in [-0.2, 0) is 20.8 Å². The quantitative estimate of drug-likeness (QED) is 0.683. The summed E-state index contributed by atoms with van der Waals surface area (Å²) in [6, 6.07) is 7.69. The van der Waals surface area contributed by atoms with Crippen LogP contribution in [0.25, 0.3) is 0 Å². The van der Waals surface area contributed by atoms with Crippen LogP contribution in [-0.4, -0.2) is 20.4 Å². The predicted molar refractivity (Wildman–Crippen MR) is 52.6 cm³/mol. The van der Waals surface area contributed by atoms with Crippen LogP contribution in [0.5, 0.6) is 0 Å². The molecule has 0 unspecified atom stereocenters. The van der Waals surface area contributed by atoms with E-state index in [1.165, 1.54) is 5.56 Å². The fourth-order valence-corrected chi connectivity index (χ4v) is 1.54. The van der Waals surface area contributed by atoms with Crippen molar-refractivity contribution in [2.45, 2.75) is 6.42 Å². The average Bonchev–Trinajstić information content (AvgIpc) is 2.04. The van der Waals surface area contributed by atoms with Crippen LogP contribution in [0.15, 0.2) is 29.4 Å². The molecule has 0 amide bonds. The molecule has 0 N–H and O–H groups in total. The fraction of sp³-hybridized carbons (Fsp3) is 0.222. The summed E-state index contributed by atoms with van der Waals surface area (Å²) in [6.45, 7) is 0. The van der Waals surface area contributed by atoms with Crippen molar-refractivity contribution in [2.75, 3.05) is 6.26 Å². The molecule has 0 saturated carbocycles. The van der Waals surface area contributed by atoms with Gasteiger partial charge in [-0.15, -0.1) is 0 Å². The molecule has 1 aliphatic carbocycles. The van der Waals surface area contributed by atoms with E-state index in [9.17, 15) is 8.42 Å². The Bertz CT molecular complexity index is 491. The van der Waals surface area contributed by atoms with E-state index in [4.69, 9.17) is 0 Å². The number of benzene rings is 1. The number of hydrogen-bond acceptors (Lipinski definition) is 4. The normalized spacial score (nSPS) is 17.4. The lowest BCUT2D eigenvalue weighted by molar-refractivity contribution is 0.342. The molecule has 0 bridgehead atoms. The summed E-state index contributed by atoms with van der Waals surface area (Å²) >= 11 is 0. The van der Waals surface area contributed by atoms with E-state index >= 15 is 0 Å². The molecule has 14 heavy (non-hydrogen) atoms. The van der Waals surface area contributed by atoms with Crippen LogP contribution in [0.3, 0.4) is 0 Å². The molecule has 0 radical (unpaired) electrons. The molecule has 0 spiro atoms. The maximum atomic E-state index is 10.7. The zero-order valence-corrected chi connectivity index (χ0v) is 8.41. The molecule has 1 aromatic rings. The van der Waals surface area contributed by atoms with Crippen molar-refractivity contribution in [3.63, 3.8) is 0 Å². The third kappa shape index (κ3) is 1.77. The van der Waals surface area contributed by atoms with Gasteiger partial charge < -0.3 is 0 Å². The topological polar surface area (TPSA) is 55.7 Å². The molecule has 5 heteroatoms. The van der Waals surface area contributed by atoms with Crippen molar-refractivity contribution in [3.05, 3.63) is 35.4 Å². The highest BCUT2D eigenvalue weighted by Crippen LogP contribution is 2.23. The van der Waals surface area contributed by atoms with E-state index in [-0.39, 0.29) is 0 Å². The van der Waals surface area contributed by atoms with Crippen LogP contribution in [0.1, 0.15) is 11.1 Å². The smallest absolute Gasteiger partial charge is 0.268 e. The van der Waals surface area contributed by atoms with Crippen LogP contribution < -0.4 is 0 Å². The molecular formula is C9H9NO3S. The molecule has 2 rings (SSSR count). The second kappa shape index (κ2) is 3.09. The highest BCUT2D eigenvalue weighted by atomic mass is 32.2. The van der Waals surface area contributed by atoms with Crippen LogP contribution in [0, 0.1) is 0 Å². The number of nitrogens with zero attached hydrogens (tertiary/aromatic N) is 1. The van der Waals surface area contributed by atoms with Gasteiger partial charge >= 0.3 is 10.1 Å². The molecule has 1 aromatic carbocycles. The van der Waals surface area contributed by atoms with Crippen LogP contribution in [0.4, 0.5) is 0 Å². The molecule has 0 saturated heterocycles. The Kier molecular flexibility index (Phi) is 2.03. The highest BCUT2D eigenvalue weighted by molar-refractivity contribution is 7.85. The van der Waals surface area contributed by atoms with Gasteiger partial charge in [-0.3, -0.25) is 4.28 Å². The van der Waals surface area contributed by atoms with Crippen molar-refractivity contribution in [1.82, 2.24) is 0 Å². The zero-order chi connectivity index (χ0) is 10.2. The molecular weight excluding hydrogens is 202 g/mol. The van der Waals surface area contributed by atoms with Crippen molar-refractivity contribution < 1.29 is 12.7 Å². The number of hydrogen-bond donors (Lipinski definition) is 0. The first kappa shape index (κ1) is 9.21. The minimum atomic E-state index is -3.49. The van der Waals surface area contributed by atoms with Gasteiger partial charge in [0, 0.05) is 12.0 Å². The molecule has 0 fully saturated rings. The molecule has 74 valence electrons. The van der Waals surface area contributed by atoms with Crippen molar-refractivity contribution in [2.24, 2.45) is 5.16 Å². The van der Waals surface area contributed by atoms with Crippen molar-refractivity contribution in [3.8, 4) is 0 Å². The molecule has 1 aliphatic rings. The highest BCUT2D eigenvalue weighted by Gasteiger charge is 2.21. The first-order chi connectivity index (χ1) is 6.56. The molecule has 0 aliphatic heterocycles. The first-order valence-corrected chi connectivity index (χ1v) is 5.92. The Morgan fingerprint density at radius 2 is 2.07 bits per heavy atom. The number of oxime groups is 1. The van der Waals surface area contributed by atoms with Gasteiger partial charge in [0.05, 0.1) is 12.0 Å². The second-order valence-electron chi connectivity index (χ2n) is 3.15. The SMILES string of the molecule is CS(=O)(=O)ON=C1Cc2ccccc21. The lowest BCUT2D eigenvalue weighted by atomic mass is 9.87.